The molecule has 1 N–H and O–H groups in total. The third-order valence-corrected chi connectivity index (χ3v) is 3.20. The molecular formula is C15H14N4O. The number of fused-ring (bicyclic) bond motifs is 1. The first-order valence-electron chi connectivity index (χ1n) is 6.37. The molecule has 0 aliphatic carbocycles. The van der Waals surface area contributed by atoms with E-state index in [0.29, 0.717) is 12.1 Å². The van der Waals surface area contributed by atoms with Gasteiger partial charge in [0.15, 0.2) is 0 Å². The van der Waals surface area contributed by atoms with Crippen molar-refractivity contribution in [1.82, 2.24) is 20.3 Å². The second kappa shape index (κ2) is 5.13. The van der Waals surface area contributed by atoms with Gasteiger partial charge in [-0.1, -0.05) is 29.5 Å². The minimum Gasteiger partial charge on any atom is -0.355 e. The molecule has 5 heteroatoms. The molecule has 0 radical (unpaired) electrons. The number of nitrogens with one attached hydrogen (secondary N) is 1. The molecule has 0 spiro atoms. The quantitative estimate of drug-likeness (QED) is 0.787. The Morgan fingerprint density at radius 3 is 2.65 bits per heavy atom. The molecule has 20 heavy (non-hydrogen) atoms. The predicted octanol–water partition coefficient (Wildman–Crippen LogP) is 1.84. The molecule has 3 rings (SSSR count). The topological polar surface area (TPSA) is 59.8 Å². The van der Waals surface area contributed by atoms with Gasteiger partial charge in [0.1, 0.15) is 5.52 Å². The molecule has 2 aromatic carbocycles. The van der Waals surface area contributed by atoms with E-state index in [-0.39, 0.29) is 5.91 Å². The highest BCUT2D eigenvalue weighted by atomic mass is 16.1. The van der Waals surface area contributed by atoms with Crippen LogP contribution in [0.5, 0.6) is 0 Å². The van der Waals surface area contributed by atoms with Crippen LogP contribution in [0.4, 0.5) is 0 Å². The van der Waals surface area contributed by atoms with Crippen LogP contribution in [0.1, 0.15) is 15.9 Å². The van der Waals surface area contributed by atoms with Gasteiger partial charge in [-0.05, 0) is 29.8 Å². The lowest BCUT2D eigenvalue weighted by Gasteiger charge is -2.04. The van der Waals surface area contributed by atoms with Gasteiger partial charge in [-0.15, -0.1) is 5.10 Å². The molecule has 0 fully saturated rings. The molecule has 0 aliphatic heterocycles. The van der Waals surface area contributed by atoms with Gasteiger partial charge < -0.3 is 5.32 Å². The highest BCUT2D eigenvalue weighted by Gasteiger charge is 2.05. The number of hydrogen-bond donors (Lipinski definition) is 1. The Labute approximate surface area is 116 Å². The van der Waals surface area contributed by atoms with Crippen molar-refractivity contribution in [2.75, 3.05) is 7.05 Å². The summed E-state index contributed by atoms with van der Waals surface area (Å²) in [6, 6.07) is 15.3. The van der Waals surface area contributed by atoms with Crippen molar-refractivity contribution in [3.63, 3.8) is 0 Å². The Morgan fingerprint density at radius 2 is 1.90 bits per heavy atom. The molecule has 0 bridgehead atoms. The SMILES string of the molecule is CNC(=O)c1ccc(Cn2nnc3ccccc32)cc1. The van der Waals surface area contributed by atoms with E-state index < -0.39 is 0 Å². The molecule has 0 atom stereocenters. The minimum atomic E-state index is -0.0808. The summed E-state index contributed by atoms with van der Waals surface area (Å²) in [5, 5.41) is 10.9. The molecule has 0 saturated carbocycles. The van der Waals surface area contributed by atoms with Gasteiger partial charge in [-0.2, -0.15) is 0 Å². The highest BCUT2D eigenvalue weighted by Crippen LogP contribution is 2.12. The van der Waals surface area contributed by atoms with Crippen LogP contribution in [-0.2, 0) is 6.54 Å². The van der Waals surface area contributed by atoms with Crippen molar-refractivity contribution < 1.29 is 4.79 Å². The van der Waals surface area contributed by atoms with E-state index >= 15 is 0 Å². The molecule has 3 aromatic rings. The molecular weight excluding hydrogens is 252 g/mol. The first kappa shape index (κ1) is 12.3. The molecule has 1 aromatic heterocycles. The molecule has 0 aliphatic rings. The van der Waals surface area contributed by atoms with Crippen LogP contribution < -0.4 is 5.32 Å². The van der Waals surface area contributed by atoms with Crippen LogP contribution >= 0.6 is 0 Å². The summed E-state index contributed by atoms with van der Waals surface area (Å²) < 4.78 is 1.85. The average Bonchev–Trinajstić information content (AvgIpc) is 2.91. The lowest BCUT2D eigenvalue weighted by atomic mass is 10.1. The second-order valence-corrected chi connectivity index (χ2v) is 4.51. The second-order valence-electron chi connectivity index (χ2n) is 4.51. The molecule has 100 valence electrons. The number of amides is 1. The lowest BCUT2D eigenvalue weighted by Crippen LogP contribution is -2.17. The zero-order chi connectivity index (χ0) is 13.9. The van der Waals surface area contributed by atoms with E-state index in [2.05, 4.69) is 15.6 Å². The number of hydrogen-bond acceptors (Lipinski definition) is 3. The molecule has 5 nitrogen and oxygen atoms in total. The van der Waals surface area contributed by atoms with Crippen molar-refractivity contribution in [3.8, 4) is 0 Å². The van der Waals surface area contributed by atoms with Gasteiger partial charge >= 0.3 is 0 Å². The van der Waals surface area contributed by atoms with E-state index in [4.69, 9.17) is 0 Å². The maximum absolute atomic E-state index is 11.5. The van der Waals surface area contributed by atoms with Crippen molar-refractivity contribution in [2.24, 2.45) is 0 Å². The van der Waals surface area contributed by atoms with Crippen LogP contribution in [0.15, 0.2) is 48.5 Å². The van der Waals surface area contributed by atoms with Gasteiger partial charge in [0.25, 0.3) is 5.91 Å². The molecule has 0 saturated heterocycles. The summed E-state index contributed by atoms with van der Waals surface area (Å²) in [7, 11) is 1.62. The first-order chi connectivity index (χ1) is 9.78. The number of nitrogens with zero attached hydrogens (tertiary/aromatic N) is 3. The largest absolute Gasteiger partial charge is 0.355 e. The zero-order valence-electron chi connectivity index (χ0n) is 11.1. The number of aromatic nitrogens is 3. The Kier molecular flexibility index (Phi) is 3.16. The summed E-state index contributed by atoms with van der Waals surface area (Å²) in [4.78, 5) is 11.5. The third kappa shape index (κ3) is 2.25. The predicted molar refractivity (Wildman–Crippen MR) is 76.5 cm³/mol. The number of para-hydroxylation sites is 1. The number of carbonyl (C=O) groups is 1. The van der Waals surface area contributed by atoms with Gasteiger partial charge in [0.2, 0.25) is 0 Å². The van der Waals surface area contributed by atoms with Gasteiger partial charge in [-0.3, -0.25) is 4.79 Å². The average molecular weight is 266 g/mol. The maximum Gasteiger partial charge on any atom is 0.251 e. The molecule has 1 heterocycles. The fraction of sp³-hybridized carbons (Fsp3) is 0.133. The third-order valence-electron chi connectivity index (χ3n) is 3.20. The summed E-state index contributed by atoms with van der Waals surface area (Å²) >= 11 is 0. The summed E-state index contributed by atoms with van der Waals surface area (Å²) in [6.45, 7) is 0.633. The maximum atomic E-state index is 11.5. The van der Waals surface area contributed by atoms with Crippen LogP contribution in [0, 0.1) is 0 Å². The Bertz CT molecular complexity index is 746. The monoisotopic (exact) mass is 266 g/mol. The first-order valence-corrected chi connectivity index (χ1v) is 6.37. The Hall–Kier alpha value is -2.69. The standard InChI is InChI=1S/C15H14N4O/c1-16-15(20)12-8-6-11(7-9-12)10-19-14-5-3-2-4-13(14)17-18-19/h2-9H,10H2,1H3,(H,16,20). The summed E-state index contributed by atoms with van der Waals surface area (Å²) in [5.41, 5.74) is 3.62. The summed E-state index contributed by atoms with van der Waals surface area (Å²) in [5.74, 6) is -0.0808. The van der Waals surface area contributed by atoms with Crippen molar-refractivity contribution in [2.45, 2.75) is 6.54 Å². The zero-order valence-corrected chi connectivity index (χ0v) is 11.1. The summed E-state index contributed by atoms with van der Waals surface area (Å²) in [6.07, 6.45) is 0. The van der Waals surface area contributed by atoms with E-state index in [1.54, 1.807) is 7.05 Å². The fourth-order valence-electron chi connectivity index (χ4n) is 2.11. The normalized spacial score (nSPS) is 10.7. The number of rotatable bonds is 3. The number of benzene rings is 2. The van der Waals surface area contributed by atoms with Gasteiger partial charge in [0.05, 0.1) is 12.1 Å². The van der Waals surface area contributed by atoms with E-state index in [0.717, 1.165) is 16.6 Å². The van der Waals surface area contributed by atoms with Gasteiger partial charge in [0, 0.05) is 12.6 Å². The van der Waals surface area contributed by atoms with E-state index in [1.165, 1.54) is 0 Å². The van der Waals surface area contributed by atoms with E-state index in [9.17, 15) is 4.79 Å². The smallest absolute Gasteiger partial charge is 0.251 e. The van der Waals surface area contributed by atoms with Crippen molar-refractivity contribution in [1.29, 1.82) is 0 Å². The minimum absolute atomic E-state index is 0.0808. The van der Waals surface area contributed by atoms with Crippen molar-refractivity contribution >= 4 is 16.9 Å². The molecule has 0 unspecified atom stereocenters. The van der Waals surface area contributed by atoms with Crippen LogP contribution in [0.2, 0.25) is 0 Å². The van der Waals surface area contributed by atoms with Crippen LogP contribution in [0.3, 0.4) is 0 Å². The Balaban J connectivity index is 1.86. The highest BCUT2D eigenvalue weighted by molar-refractivity contribution is 5.93. The molecule has 1 amide bonds. The number of carbonyl (C=O) groups excluding carboxylic acids is 1. The van der Waals surface area contributed by atoms with Crippen LogP contribution in [0.25, 0.3) is 11.0 Å². The van der Waals surface area contributed by atoms with E-state index in [1.807, 2.05) is 53.2 Å². The Morgan fingerprint density at radius 1 is 1.15 bits per heavy atom. The van der Waals surface area contributed by atoms with Gasteiger partial charge in [-0.25, -0.2) is 4.68 Å². The van der Waals surface area contributed by atoms with Crippen LogP contribution in [-0.4, -0.2) is 27.9 Å². The fourth-order valence-corrected chi connectivity index (χ4v) is 2.11. The lowest BCUT2D eigenvalue weighted by molar-refractivity contribution is 0.0963. The van der Waals surface area contributed by atoms with Crippen molar-refractivity contribution in [3.05, 3.63) is 59.7 Å².